The van der Waals surface area contributed by atoms with Crippen LogP contribution in [0.15, 0.2) is 29.6 Å². The van der Waals surface area contributed by atoms with Gasteiger partial charge in [-0.05, 0) is 28.6 Å². The molecule has 1 aromatic carbocycles. The topological polar surface area (TPSA) is 153 Å². The van der Waals surface area contributed by atoms with Crippen molar-refractivity contribution in [2.45, 2.75) is 0 Å². The SMILES string of the molecule is N#CC(C#N)=NNc1cc(-n2cnnn2)ccc1C(=O)O. The Morgan fingerprint density at radius 3 is 2.71 bits per heavy atom. The van der Waals surface area contributed by atoms with Crippen LogP contribution in [0.4, 0.5) is 5.69 Å². The first-order chi connectivity index (χ1) is 10.2. The van der Waals surface area contributed by atoms with E-state index >= 15 is 0 Å². The smallest absolute Gasteiger partial charge is 0.337 e. The fraction of sp³-hybridized carbons (Fsp3) is 0. The zero-order chi connectivity index (χ0) is 15.2. The maximum atomic E-state index is 11.1. The molecule has 0 aliphatic rings. The summed E-state index contributed by atoms with van der Waals surface area (Å²) >= 11 is 0. The summed E-state index contributed by atoms with van der Waals surface area (Å²) in [4.78, 5) is 11.1. The van der Waals surface area contributed by atoms with Crippen molar-refractivity contribution in [1.82, 2.24) is 20.2 Å². The summed E-state index contributed by atoms with van der Waals surface area (Å²) in [6, 6.07) is 7.37. The lowest BCUT2D eigenvalue weighted by Crippen LogP contribution is -2.06. The summed E-state index contributed by atoms with van der Waals surface area (Å²) in [5, 5.41) is 40.4. The Bertz CT molecular complexity index is 766. The van der Waals surface area contributed by atoms with E-state index < -0.39 is 11.7 Å². The molecule has 0 atom stereocenters. The number of anilines is 1. The number of nitrogens with zero attached hydrogens (tertiary/aromatic N) is 7. The number of carboxylic acids is 1. The van der Waals surface area contributed by atoms with Gasteiger partial charge in [-0.3, -0.25) is 5.43 Å². The molecule has 2 N–H and O–H groups in total. The van der Waals surface area contributed by atoms with E-state index in [0.717, 1.165) is 0 Å². The van der Waals surface area contributed by atoms with Crippen molar-refractivity contribution < 1.29 is 9.90 Å². The number of rotatable bonds is 4. The van der Waals surface area contributed by atoms with Crippen LogP contribution in [0.3, 0.4) is 0 Å². The summed E-state index contributed by atoms with van der Waals surface area (Å²) in [7, 11) is 0. The number of hydrogen-bond donors (Lipinski definition) is 2. The van der Waals surface area contributed by atoms with Crippen molar-refractivity contribution in [1.29, 1.82) is 10.5 Å². The van der Waals surface area contributed by atoms with Gasteiger partial charge in [0.05, 0.1) is 16.9 Å². The second-order valence-electron chi connectivity index (χ2n) is 3.59. The molecule has 0 aliphatic heterocycles. The minimum atomic E-state index is -1.19. The Morgan fingerprint density at radius 1 is 1.38 bits per heavy atom. The number of tetrazole rings is 1. The van der Waals surface area contributed by atoms with E-state index in [1.54, 1.807) is 12.1 Å². The molecule has 1 heterocycles. The highest BCUT2D eigenvalue weighted by molar-refractivity contribution is 6.10. The summed E-state index contributed by atoms with van der Waals surface area (Å²) in [5.74, 6) is -1.19. The Hall–Kier alpha value is -3.79. The molecule has 10 nitrogen and oxygen atoms in total. The van der Waals surface area contributed by atoms with Crippen LogP contribution in [-0.4, -0.2) is 37.0 Å². The van der Waals surface area contributed by atoms with Gasteiger partial charge in [-0.2, -0.15) is 15.6 Å². The Morgan fingerprint density at radius 2 is 2.14 bits per heavy atom. The van der Waals surface area contributed by atoms with Crippen molar-refractivity contribution in [2.75, 3.05) is 5.43 Å². The molecule has 0 fully saturated rings. The molecule has 0 aliphatic carbocycles. The lowest BCUT2D eigenvalue weighted by Gasteiger charge is -2.07. The molecule has 21 heavy (non-hydrogen) atoms. The van der Waals surface area contributed by atoms with Crippen molar-refractivity contribution in [2.24, 2.45) is 5.10 Å². The lowest BCUT2D eigenvalue weighted by atomic mass is 10.1. The third-order valence-corrected chi connectivity index (χ3v) is 2.35. The van der Waals surface area contributed by atoms with Gasteiger partial charge in [0.15, 0.2) is 0 Å². The molecule has 1 aromatic heterocycles. The minimum Gasteiger partial charge on any atom is -0.478 e. The molecule has 102 valence electrons. The molecular formula is C11H6N8O2. The van der Waals surface area contributed by atoms with E-state index in [4.69, 9.17) is 15.6 Å². The number of carboxylic acid groups (broad SMARTS) is 1. The first-order valence-electron chi connectivity index (χ1n) is 5.40. The summed E-state index contributed by atoms with van der Waals surface area (Å²) in [6.07, 6.45) is 1.33. The average molecular weight is 282 g/mol. The predicted molar refractivity (Wildman–Crippen MR) is 68.4 cm³/mol. The molecule has 0 radical (unpaired) electrons. The van der Waals surface area contributed by atoms with E-state index in [-0.39, 0.29) is 11.3 Å². The molecule has 0 spiro atoms. The second-order valence-corrected chi connectivity index (χ2v) is 3.59. The maximum absolute atomic E-state index is 11.1. The molecule has 0 saturated carbocycles. The molecule has 0 saturated heterocycles. The summed E-state index contributed by atoms with van der Waals surface area (Å²) < 4.78 is 1.32. The Labute approximate surface area is 117 Å². The van der Waals surface area contributed by atoms with Crippen molar-refractivity contribution in [3.63, 3.8) is 0 Å². The average Bonchev–Trinajstić information content (AvgIpc) is 3.02. The lowest BCUT2D eigenvalue weighted by molar-refractivity contribution is 0.0698. The number of carbonyl (C=O) groups is 1. The number of nitriles is 2. The first kappa shape index (κ1) is 13.6. The van der Waals surface area contributed by atoms with Crippen LogP contribution in [0.5, 0.6) is 0 Å². The molecule has 2 aromatic rings. The summed E-state index contributed by atoms with van der Waals surface area (Å²) in [6.45, 7) is 0. The highest BCUT2D eigenvalue weighted by atomic mass is 16.4. The van der Waals surface area contributed by atoms with Gasteiger partial charge < -0.3 is 5.11 Å². The van der Waals surface area contributed by atoms with Crippen molar-refractivity contribution in [3.05, 3.63) is 30.1 Å². The van der Waals surface area contributed by atoms with Crippen LogP contribution in [0.2, 0.25) is 0 Å². The normalized spacial score (nSPS) is 9.24. The fourth-order valence-corrected chi connectivity index (χ4v) is 1.42. The van der Waals surface area contributed by atoms with Gasteiger partial charge in [0, 0.05) is 0 Å². The number of aromatic nitrogens is 4. The van der Waals surface area contributed by atoms with Crippen LogP contribution in [-0.2, 0) is 0 Å². The number of benzene rings is 1. The molecular weight excluding hydrogens is 276 g/mol. The number of aromatic carboxylic acids is 1. The van der Waals surface area contributed by atoms with Gasteiger partial charge in [-0.15, -0.1) is 5.10 Å². The molecule has 0 unspecified atom stereocenters. The van der Waals surface area contributed by atoms with Crippen LogP contribution in [0.1, 0.15) is 10.4 Å². The number of hydrazone groups is 1. The third kappa shape index (κ3) is 2.97. The van der Waals surface area contributed by atoms with Gasteiger partial charge in [0.2, 0.25) is 5.71 Å². The highest BCUT2D eigenvalue weighted by Gasteiger charge is 2.12. The van der Waals surface area contributed by atoms with Gasteiger partial charge in [-0.1, -0.05) is 0 Å². The predicted octanol–water partition coefficient (Wildman–Crippen LogP) is 0.176. The van der Waals surface area contributed by atoms with Crippen LogP contribution in [0.25, 0.3) is 5.69 Å². The van der Waals surface area contributed by atoms with Crippen LogP contribution in [0, 0.1) is 22.7 Å². The quantitative estimate of drug-likeness (QED) is 0.594. The number of hydrogen-bond acceptors (Lipinski definition) is 8. The standard InChI is InChI=1S/C11H6N8O2/c12-4-7(5-13)15-16-10-3-8(19-6-14-17-18-19)1-2-9(10)11(20)21/h1-3,6,16H,(H,20,21). The van der Waals surface area contributed by atoms with Gasteiger partial charge >= 0.3 is 5.97 Å². The van der Waals surface area contributed by atoms with E-state index in [1.807, 2.05) is 0 Å². The van der Waals surface area contributed by atoms with Gasteiger partial charge in [-0.25, -0.2) is 9.48 Å². The number of nitrogens with one attached hydrogen (secondary N) is 1. The van der Waals surface area contributed by atoms with Gasteiger partial charge in [0.1, 0.15) is 18.5 Å². The van der Waals surface area contributed by atoms with Crippen LogP contribution >= 0.6 is 0 Å². The second kappa shape index (κ2) is 5.90. The molecule has 0 amide bonds. The van der Waals surface area contributed by atoms with E-state index in [2.05, 4.69) is 26.1 Å². The zero-order valence-electron chi connectivity index (χ0n) is 10.3. The molecule has 2 rings (SSSR count). The monoisotopic (exact) mass is 282 g/mol. The maximum Gasteiger partial charge on any atom is 0.337 e. The van der Waals surface area contributed by atoms with Crippen LogP contribution < -0.4 is 5.43 Å². The largest absolute Gasteiger partial charge is 0.478 e. The van der Waals surface area contributed by atoms with E-state index in [0.29, 0.717) is 5.69 Å². The molecule has 10 heteroatoms. The Kier molecular flexibility index (Phi) is 3.83. The van der Waals surface area contributed by atoms with E-state index in [9.17, 15) is 4.79 Å². The van der Waals surface area contributed by atoms with Gasteiger partial charge in [0.25, 0.3) is 0 Å². The van der Waals surface area contributed by atoms with Crippen molar-refractivity contribution >= 4 is 17.4 Å². The van der Waals surface area contributed by atoms with E-state index in [1.165, 1.54) is 29.2 Å². The summed E-state index contributed by atoms with van der Waals surface area (Å²) in [5.41, 5.74) is 2.45. The first-order valence-corrected chi connectivity index (χ1v) is 5.40. The molecule has 0 bridgehead atoms. The van der Waals surface area contributed by atoms with Crippen molar-refractivity contribution in [3.8, 4) is 17.8 Å². The Balaban J connectivity index is 2.44. The fourth-order valence-electron chi connectivity index (χ4n) is 1.42. The minimum absolute atomic E-state index is 0.0780. The third-order valence-electron chi connectivity index (χ3n) is 2.35. The highest BCUT2D eigenvalue weighted by Crippen LogP contribution is 2.20. The zero-order valence-corrected chi connectivity index (χ0v) is 10.3.